The van der Waals surface area contributed by atoms with E-state index in [0.29, 0.717) is 13.1 Å². The van der Waals surface area contributed by atoms with Crippen LogP contribution in [0.2, 0.25) is 0 Å². The third-order valence-corrected chi connectivity index (χ3v) is 3.10. The first kappa shape index (κ1) is 15.1. The number of benzene rings is 2. The molecule has 0 aliphatic rings. The summed E-state index contributed by atoms with van der Waals surface area (Å²) >= 11 is 0. The number of carbonyl (C=O) groups excluding carboxylic acids is 1. The zero-order valence-corrected chi connectivity index (χ0v) is 12.1. The molecule has 1 atom stereocenters. The molecule has 110 valence electrons. The van der Waals surface area contributed by atoms with Gasteiger partial charge in [0.25, 0.3) is 5.91 Å². The third-order valence-electron chi connectivity index (χ3n) is 3.10. The van der Waals surface area contributed by atoms with Gasteiger partial charge in [0.05, 0.1) is 0 Å². The van der Waals surface area contributed by atoms with Gasteiger partial charge in [-0.2, -0.15) is 0 Å². The third kappa shape index (κ3) is 4.61. The van der Waals surface area contributed by atoms with Crippen molar-refractivity contribution >= 4 is 11.6 Å². The maximum atomic E-state index is 12.1. The molecule has 0 radical (unpaired) electrons. The zero-order valence-electron chi connectivity index (χ0n) is 12.1. The van der Waals surface area contributed by atoms with Crippen LogP contribution in [0.1, 0.15) is 11.7 Å². The average Bonchev–Trinajstić information content (AvgIpc) is 2.54. The number of anilines is 1. The summed E-state index contributed by atoms with van der Waals surface area (Å²) in [6.45, 7) is 1.21. The molecule has 2 rings (SSSR count). The number of hydrogen-bond donors (Lipinski definition) is 2. The molecule has 4 heteroatoms. The summed E-state index contributed by atoms with van der Waals surface area (Å²) in [6.07, 6.45) is -0.567. The Morgan fingerprint density at radius 2 is 1.62 bits per heavy atom. The fourth-order valence-corrected chi connectivity index (χ4v) is 2.06. The van der Waals surface area contributed by atoms with Crippen LogP contribution in [-0.2, 0) is 9.53 Å². The predicted molar refractivity (Wildman–Crippen MR) is 84.1 cm³/mol. The van der Waals surface area contributed by atoms with E-state index in [-0.39, 0.29) is 5.91 Å². The summed E-state index contributed by atoms with van der Waals surface area (Å²) in [4.78, 5) is 12.1. The summed E-state index contributed by atoms with van der Waals surface area (Å²) in [7, 11) is 1.54. The van der Waals surface area contributed by atoms with Gasteiger partial charge in [0.15, 0.2) is 6.10 Å². The van der Waals surface area contributed by atoms with Crippen molar-refractivity contribution in [1.29, 1.82) is 0 Å². The zero-order chi connectivity index (χ0) is 14.9. The average molecular weight is 284 g/mol. The van der Waals surface area contributed by atoms with Gasteiger partial charge in [0, 0.05) is 25.9 Å². The highest BCUT2D eigenvalue weighted by atomic mass is 16.5. The number of nitrogens with one attached hydrogen (secondary N) is 2. The number of methoxy groups -OCH3 is 1. The largest absolute Gasteiger partial charge is 0.383 e. The second-order valence-electron chi connectivity index (χ2n) is 4.61. The number of rotatable bonds is 7. The van der Waals surface area contributed by atoms with Crippen molar-refractivity contribution in [2.75, 3.05) is 25.5 Å². The molecule has 0 heterocycles. The minimum atomic E-state index is -0.567. The molecule has 0 aromatic heterocycles. The van der Waals surface area contributed by atoms with Crippen LogP contribution < -0.4 is 10.6 Å². The minimum Gasteiger partial charge on any atom is -0.383 e. The number of ether oxygens (including phenoxy) is 1. The molecule has 2 aromatic rings. The standard InChI is InChI=1S/C17H20N2O2/c1-21-16(14-8-4-2-5-9-14)17(20)19-13-12-18-15-10-6-3-7-11-15/h2-11,16,18H,12-13H2,1H3,(H,19,20). The quantitative estimate of drug-likeness (QED) is 0.768. The predicted octanol–water partition coefficient (Wildman–Crippen LogP) is 2.60. The summed E-state index contributed by atoms with van der Waals surface area (Å²) in [5.41, 5.74) is 1.90. The summed E-state index contributed by atoms with van der Waals surface area (Å²) in [5.74, 6) is -0.126. The number of hydrogen-bond acceptors (Lipinski definition) is 3. The molecule has 0 saturated heterocycles. The normalized spacial score (nSPS) is 11.7. The first-order chi connectivity index (χ1) is 10.3. The molecule has 0 aliphatic heterocycles. The van der Waals surface area contributed by atoms with Crippen molar-refractivity contribution in [2.24, 2.45) is 0 Å². The SMILES string of the molecule is COC(C(=O)NCCNc1ccccc1)c1ccccc1. The smallest absolute Gasteiger partial charge is 0.253 e. The van der Waals surface area contributed by atoms with E-state index < -0.39 is 6.10 Å². The maximum absolute atomic E-state index is 12.1. The fraction of sp³-hybridized carbons (Fsp3) is 0.235. The van der Waals surface area contributed by atoms with Crippen LogP contribution in [0.5, 0.6) is 0 Å². The first-order valence-corrected chi connectivity index (χ1v) is 6.95. The van der Waals surface area contributed by atoms with Crippen molar-refractivity contribution in [1.82, 2.24) is 5.32 Å². The molecule has 1 amide bonds. The van der Waals surface area contributed by atoms with Crippen LogP contribution in [-0.4, -0.2) is 26.1 Å². The molecule has 2 aromatic carbocycles. The van der Waals surface area contributed by atoms with Crippen LogP contribution in [0.25, 0.3) is 0 Å². The van der Waals surface area contributed by atoms with Crippen LogP contribution in [0.15, 0.2) is 60.7 Å². The van der Waals surface area contributed by atoms with Crippen molar-refractivity contribution in [3.8, 4) is 0 Å². The van der Waals surface area contributed by atoms with Gasteiger partial charge in [0.2, 0.25) is 0 Å². The van der Waals surface area contributed by atoms with E-state index in [2.05, 4.69) is 10.6 Å². The van der Waals surface area contributed by atoms with E-state index in [1.807, 2.05) is 60.7 Å². The van der Waals surface area contributed by atoms with Crippen molar-refractivity contribution < 1.29 is 9.53 Å². The Hall–Kier alpha value is -2.33. The van der Waals surface area contributed by atoms with Crippen molar-refractivity contribution in [3.63, 3.8) is 0 Å². The van der Waals surface area contributed by atoms with Crippen LogP contribution in [0.4, 0.5) is 5.69 Å². The molecule has 0 aliphatic carbocycles. The van der Waals surface area contributed by atoms with Gasteiger partial charge in [0.1, 0.15) is 0 Å². The molecular weight excluding hydrogens is 264 g/mol. The van der Waals surface area contributed by atoms with Crippen LogP contribution in [0, 0.1) is 0 Å². The molecule has 0 saturated carbocycles. The van der Waals surface area contributed by atoms with Gasteiger partial charge in [-0.25, -0.2) is 0 Å². The van der Waals surface area contributed by atoms with E-state index in [0.717, 1.165) is 11.3 Å². The molecule has 4 nitrogen and oxygen atoms in total. The molecule has 0 bridgehead atoms. The number of amides is 1. The van der Waals surface area contributed by atoms with Crippen molar-refractivity contribution in [3.05, 3.63) is 66.2 Å². The maximum Gasteiger partial charge on any atom is 0.253 e. The molecule has 0 spiro atoms. The number of para-hydroxylation sites is 1. The van der Waals surface area contributed by atoms with Gasteiger partial charge in [-0.1, -0.05) is 48.5 Å². The highest BCUT2D eigenvalue weighted by Gasteiger charge is 2.18. The monoisotopic (exact) mass is 284 g/mol. The summed E-state index contributed by atoms with van der Waals surface area (Å²) in [6, 6.07) is 19.4. The van der Waals surface area contributed by atoms with Crippen LogP contribution >= 0.6 is 0 Å². The fourth-order valence-electron chi connectivity index (χ4n) is 2.06. The van der Waals surface area contributed by atoms with Crippen LogP contribution in [0.3, 0.4) is 0 Å². The highest BCUT2D eigenvalue weighted by molar-refractivity contribution is 5.82. The molecule has 1 unspecified atom stereocenters. The Kier molecular flexibility index (Phi) is 5.79. The molecule has 0 fully saturated rings. The lowest BCUT2D eigenvalue weighted by Gasteiger charge is -2.16. The molecular formula is C17H20N2O2. The lowest BCUT2D eigenvalue weighted by molar-refractivity contribution is -0.131. The Labute approximate surface area is 125 Å². The second kappa shape index (κ2) is 8.07. The van der Waals surface area contributed by atoms with Gasteiger partial charge < -0.3 is 15.4 Å². The lowest BCUT2D eigenvalue weighted by atomic mass is 10.1. The van der Waals surface area contributed by atoms with Crippen molar-refractivity contribution in [2.45, 2.75) is 6.10 Å². The minimum absolute atomic E-state index is 0.126. The molecule has 2 N–H and O–H groups in total. The van der Waals surface area contributed by atoms with Gasteiger partial charge in [-0.05, 0) is 17.7 Å². The van der Waals surface area contributed by atoms with Gasteiger partial charge >= 0.3 is 0 Å². The Bertz CT molecular complexity index is 543. The highest BCUT2D eigenvalue weighted by Crippen LogP contribution is 2.15. The first-order valence-electron chi connectivity index (χ1n) is 6.95. The molecule has 21 heavy (non-hydrogen) atoms. The van der Waals surface area contributed by atoms with Gasteiger partial charge in [-0.3, -0.25) is 4.79 Å². The van der Waals surface area contributed by atoms with E-state index in [1.165, 1.54) is 0 Å². The Morgan fingerprint density at radius 1 is 1.00 bits per heavy atom. The topological polar surface area (TPSA) is 50.4 Å². The lowest BCUT2D eigenvalue weighted by Crippen LogP contribution is -2.33. The summed E-state index contributed by atoms with van der Waals surface area (Å²) in [5, 5.41) is 6.12. The van der Waals surface area contributed by atoms with E-state index in [9.17, 15) is 4.79 Å². The van der Waals surface area contributed by atoms with E-state index >= 15 is 0 Å². The Balaban J connectivity index is 1.78. The number of carbonyl (C=O) groups is 1. The second-order valence-corrected chi connectivity index (χ2v) is 4.61. The van der Waals surface area contributed by atoms with E-state index in [1.54, 1.807) is 7.11 Å². The van der Waals surface area contributed by atoms with E-state index in [4.69, 9.17) is 4.74 Å². The van der Waals surface area contributed by atoms with Gasteiger partial charge in [-0.15, -0.1) is 0 Å². The summed E-state index contributed by atoms with van der Waals surface area (Å²) < 4.78 is 5.28. The Morgan fingerprint density at radius 3 is 2.24 bits per heavy atom.